The minimum atomic E-state index is -0.0820. The summed E-state index contributed by atoms with van der Waals surface area (Å²) in [5.41, 5.74) is 2.31. The molecule has 0 spiro atoms. The van der Waals surface area contributed by atoms with Gasteiger partial charge >= 0.3 is 0 Å². The molecule has 0 atom stereocenters. The van der Waals surface area contributed by atoms with Crippen LogP contribution < -0.4 is 9.47 Å². The average Bonchev–Trinajstić information content (AvgIpc) is 3.03. The minimum absolute atomic E-state index is 0.0820. The van der Waals surface area contributed by atoms with Gasteiger partial charge < -0.3 is 14.5 Å². The van der Waals surface area contributed by atoms with Gasteiger partial charge in [0.1, 0.15) is 0 Å². The first kappa shape index (κ1) is 17.1. The lowest BCUT2D eigenvalue weighted by Gasteiger charge is -2.09. The van der Waals surface area contributed by atoms with Gasteiger partial charge in [-0.2, -0.15) is 0 Å². The van der Waals surface area contributed by atoms with Gasteiger partial charge in [0.15, 0.2) is 17.3 Å². The Morgan fingerprint density at radius 3 is 2.80 bits per heavy atom. The number of fused-ring (bicyclic) bond motifs is 1. The summed E-state index contributed by atoms with van der Waals surface area (Å²) >= 11 is 5.97. The van der Waals surface area contributed by atoms with Crippen LogP contribution >= 0.6 is 11.6 Å². The van der Waals surface area contributed by atoms with E-state index in [9.17, 15) is 4.79 Å². The number of carbonyl (C=O) groups excluding carboxylic acids is 1. The highest BCUT2D eigenvalue weighted by molar-refractivity contribution is 6.31. The Kier molecular flexibility index (Phi) is 5.10. The summed E-state index contributed by atoms with van der Waals surface area (Å²) in [6.07, 6.45) is 5.01. The van der Waals surface area contributed by atoms with E-state index in [1.54, 1.807) is 37.6 Å². The van der Waals surface area contributed by atoms with Gasteiger partial charge in [0.25, 0.3) is 0 Å². The average molecular weight is 356 g/mol. The third-order valence-electron chi connectivity index (χ3n) is 3.82. The van der Waals surface area contributed by atoms with Gasteiger partial charge in [-0.3, -0.25) is 4.79 Å². The minimum Gasteiger partial charge on any atom is -0.493 e. The molecular weight excluding hydrogens is 338 g/mol. The molecule has 1 heterocycles. The Morgan fingerprint density at radius 1 is 1.20 bits per heavy atom. The third-order valence-corrected chi connectivity index (χ3v) is 4.06. The van der Waals surface area contributed by atoms with Crippen molar-refractivity contribution in [2.24, 2.45) is 0 Å². The van der Waals surface area contributed by atoms with Crippen molar-refractivity contribution in [3.05, 3.63) is 64.8 Å². The first-order valence-corrected chi connectivity index (χ1v) is 8.30. The van der Waals surface area contributed by atoms with Crippen LogP contribution in [-0.2, 0) is 0 Å². The maximum absolute atomic E-state index is 12.5. The SMILES string of the molecule is CCOc1ccc(/C=C/C(=O)c2c[nH]c3cc(Cl)ccc23)cc1OC. The van der Waals surface area contributed by atoms with Crippen molar-refractivity contribution in [3.63, 3.8) is 0 Å². The van der Waals surface area contributed by atoms with Gasteiger partial charge in [-0.25, -0.2) is 0 Å². The fourth-order valence-electron chi connectivity index (χ4n) is 2.63. The number of allylic oxidation sites excluding steroid dienone is 1. The lowest BCUT2D eigenvalue weighted by molar-refractivity contribution is 0.104. The highest BCUT2D eigenvalue weighted by Crippen LogP contribution is 2.29. The molecular formula is C20H18ClNO3. The Labute approximate surface area is 151 Å². The van der Waals surface area contributed by atoms with Crippen LogP contribution in [0.15, 0.2) is 48.7 Å². The van der Waals surface area contributed by atoms with Gasteiger partial charge in [-0.1, -0.05) is 29.8 Å². The van der Waals surface area contributed by atoms with Gasteiger partial charge in [0.05, 0.1) is 13.7 Å². The Morgan fingerprint density at radius 2 is 2.04 bits per heavy atom. The molecule has 4 nitrogen and oxygen atoms in total. The molecule has 3 aromatic rings. The summed E-state index contributed by atoms with van der Waals surface area (Å²) in [5.74, 6) is 1.24. The van der Waals surface area contributed by atoms with Crippen molar-refractivity contribution in [2.75, 3.05) is 13.7 Å². The maximum atomic E-state index is 12.5. The van der Waals surface area contributed by atoms with Gasteiger partial charge in [0.2, 0.25) is 0 Å². The fraction of sp³-hybridized carbons (Fsp3) is 0.150. The number of methoxy groups -OCH3 is 1. The summed E-state index contributed by atoms with van der Waals surface area (Å²) in [5, 5.41) is 1.48. The normalized spacial score (nSPS) is 11.2. The lowest BCUT2D eigenvalue weighted by atomic mass is 10.1. The molecule has 0 aliphatic rings. The Bertz CT molecular complexity index is 943. The van der Waals surface area contributed by atoms with E-state index in [0.717, 1.165) is 16.5 Å². The number of hydrogen-bond acceptors (Lipinski definition) is 3. The van der Waals surface area contributed by atoms with Crippen molar-refractivity contribution in [1.29, 1.82) is 0 Å². The van der Waals surface area contributed by atoms with E-state index in [0.29, 0.717) is 28.7 Å². The van der Waals surface area contributed by atoms with E-state index in [2.05, 4.69) is 4.98 Å². The second-order valence-electron chi connectivity index (χ2n) is 5.43. The summed E-state index contributed by atoms with van der Waals surface area (Å²) in [4.78, 5) is 15.6. The predicted molar refractivity (Wildman–Crippen MR) is 101 cm³/mol. The molecule has 0 fully saturated rings. The van der Waals surface area contributed by atoms with Crippen LogP contribution in [0, 0.1) is 0 Å². The highest BCUT2D eigenvalue weighted by Gasteiger charge is 2.10. The summed E-state index contributed by atoms with van der Waals surface area (Å²) in [6.45, 7) is 2.48. The van der Waals surface area contributed by atoms with Crippen LogP contribution in [-0.4, -0.2) is 24.5 Å². The molecule has 2 aromatic carbocycles. The molecule has 0 saturated heterocycles. The monoisotopic (exact) mass is 355 g/mol. The number of aromatic nitrogens is 1. The molecule has 0 amide bonds. The molecule has 1 N–H and O–H groups in total. The standard InChI is InChI=1S/C20H18ClNO3/c1-3-25-19-9-5-13(10-20(19)24-2)4-8-18(23)16-12-22-17-11-14(21)6-7-15(16)17/h4-12,22H,3H2,1-2H3/b8-4+. The third kappa shape index (κ3) is 3.69. The number of halogens is 1. The van der Waals surface area contributed by atoms with E-state index >= 15 is 0 Å². The van der Waals surface area contributed by atoms with E-state index in [4.69, 9.17) is 21.1 Å². The highest BCUT2D eigenvalue weighted by atomic mass is 35.5. The molecule has 0 radical (unpaired) electrons. The summed E-state index contributed by atoms with van der Waals surface area (Å²) in [7, 11) is 1.59. The number of ether oxygens (including phenoxy) is 2. The Hall–Kier alpha value is -2.72. The molecule has 128 valence electrons. The molecule has 0 saturated carbocycles. The van der Waals surface area contributed by atoms with Crippen LogP contribution in [0.25, 0.3) is 17.0 Å². The van der Waals surface area contributed by atoms with Crippen LogP contribution in [0.4, 0.5) is 0 Å². The Balaban J connectivity index is 1.84. The zero-order valence-electron chi connectivity index (χ0n) is 14.0. The number of rotatable bonds is 6. The van der Waals surface area contributed by atoms with E-state index in [-0.39, 0.29) is 5.78 Å². The first-order chi connectivity index (χ1) is 12.1. The van der Waals surface area contributed by atoms with Crippen LogP contribution in [0.3, 0.4) is 0 Å². The zero-order chi connectivity index (χ0) is 17.8. The molecule has 25 heavy (non-hydrogen) atoms. The van der Waals surface area contributed by atoms with E-state index < -0.39 is 0 Å². The number of H-pyrrole nitrogens is 1. The van der Waals surface area contributed by atoms with Crippen molar-refractivity contribution >= 4 is 34.4 Å². The maximum Gasteiger partial charge on any atom is 0.187 e. The van der Waals surface area contributed by atoms with Crippen molar-refractivity contribution in [1.82, 2.24) is 4.98 Å². The van der Waals surface area contributed by atoms with Crippen LogP contribution in [0.5, 0.6) is 11.5 Å². The topological polar surface area (TPSA) is 51.3 Å². The predicted octanol–water partition coefficient (Wildman–Crippen LogP) is 5.12. The zero-order valence-corrected chi connectivity index (χ0v) is 14.8. The van der Waals surface area contributed by atoms with Crippen molar-refractivity contribution < 1.29 is 14.3 Å². The molecule has 0 aliphatic carbocycles. The number of ketones is 1. The van der Waals surface area contributed by atoms with Gasteiger partial charge in [-0.05, 0) is 42.8 Å². The summed E-state index contributed by atoms with van der Waals surface area (Å²) in [6, 6.07) is 11.0. The largest absolute Gasteiger partial charge is 0.493 e. The van der Waals surface area contributed by atoms with Gasteiger partial charge in [0, 0.05) is 27.7 Å². The number of aromatic amines is 1. The van der Waals surface area contributed by atoms with Gasteiger partial charge in [-0.15, -0.1) is 0 Å². The number of hydrogen-bond donors (Lipinski definition) is 1. The van der Waals surface area contributed by atoms with E-state index in [1.165, 1.54) is 0 Å². The van der Waals surface area contributed by atoms with Crippen LogP contribution in [0.2, 0.25) is 5.02 Å². The first-order valence-electron chi connectivity index (χ1n) is 7.92. The molecule has 3 rings (SSSR count). The second kappa shape index (κ2) is 7.45. The van der Waals surface area contributed by atoms with Crippen molar-refractivity contribution in [3.8, 4) is 11.5 Å². The lowest BCUT2D eigenvalue weighted by Crippen LogP contribution is -1.95. The quantitative estimate of drug-likeness (QED) is 0.493. The molecule has 1 aromatic heterocycles. The number of carbonyl (C=O) groups is 1. The molecule has 0 bridgehead atoms. The smallest absolute Gasteiger partial charge is 0.187 e. The van der Waals surface area contributed by atoms with E-state index in [1.807, 2.05) is 31.2 Å². The molecule has 0 aliphatic heterocycles. The van der Waals surface area contributed by atoms with Crippen LogP contribution in [0.1, 0.15) is 22.8 Å². The van der Waals surface area contributed by atoms with Crippen molar-refractivity contribution in [2.45, 2.75) is 6.92 Å². The fourth-order valence-corrected chi connectivity index (χ4v) is 2.80. The molecule has 5 heteroatoms. The second-order valence-corrected chi connectivity index (χ2v) is 5.87. The molecule has 0 unspecified atom stereocenters. The number of nitrogens with one attached hydrogen (secondary N) is 1. The number of benzene rings is 2. The summed E-state index contributed by atoms with van der Waals surface area (Å²) < 4.78 is 10.8.